The number of carbonyl (C=O) groups excluding carboxylic acids is 2. The number of aliphatic carboxylic acids is 1. The van der Waals surface area contributed by atoms with Gasteiger partial charge in [-0.15, -0.1) is 0 Å². The van der Waals surface area contributed by atoms with Gasteiger partial charge in [-0.05, 0) is 32.6 Å². The summed E-state index contributed by atoms with van der Waals surface area (Å²) in [7, 11) is 0. The van der Waals surface area contributed by atoms with Crippen LogP contribution in [0.2, 0.25) is 0 Å². The van der Waals surface area contributed by atoms with E-state index in [0.717, 1.165) is 12.8 Å². The van der Waals surface area contributed by atoms with Crippen LogP contribution in [-0.2, 0) is 9.59 Å². The zero-order chi connectivity index (χ0) is 14.0. The van der Waals surface area contributed by atoms with Gasteiger partial charge in [-0.25, -0.2) is 9.59 Å². The predicted octanol–water partition coefficient (Wildman–Crippen LogP) is -0.0863. The highest BCUT2D eigenvalue weighted by molar-refractivity contribution is 5.89. The zero-order valence-electron chi connectivity index (χ0n) is 10.9. The molecule has 1 unspecified atom stereocenters. The lowest BCUT2D eigenvalue weighted by atomic mass is 10.00. The van der Waals surface area contributed by atoms with E-state index < -0.39 is 17.5 Å². The number of hydrogen-bond donors (Lipinski definition) is 3. The van der Waals surface area contributed by atoms with Crippen molar-refractivity contribution in [2.75, 3.05) is 13.1 Å². The topological polar surface area (TPSA) is 98.7 Å². The van der Waals surface area contributed by atoms with Crippen LogP contribution >= 0.6 is 0 Å². The molecule has 7 heteroatoms. The summed E-state index contributed by atoms with van der Waals surface area (Å²) in [4.78, 5) is 35.9. The molecule has 3 amide bonds. The summed E-state index contributed by atoms with van der Waals surface area (Å²) in [6.07, 6.45) is 3.07. The molecule has 2 fully saturated rings. The molecule has 0 bridgehead atoms. The first-order valence-corrected chi connectivity index (χ1v) is 6.52. The average Bonchev–Trinajstić information content (AvgIpc) is 3.06. The maximum Gasteiger partial charge on any atom is 0.329 e. The van der Waals surface area contributed by atoms with Gasteiger partial charge in [0.2, 0.25) is 5.91 Å². The lowest BCUT2D eigenvalue weighted by Gasteiger charge is -2.31. The van der Waals surface area contributed by atoms with Gasteiger partial charge in [-0.3, -0.25) is 4.79 Å². The van der Waals surface area contributed by atoms with Crippen molar-refractivity contribution in [1.82, 2.24) is 15.5 Å². The first kappa shape index (κ1) is 13.6. The lowest BCUT2D eigenvalue weighted by Crippen LogP contribution is -2.55. The number of amides is 3. The highest BCUT2D eigenvalue weighted by Crippen LogP contribution is 2.29. The van der Waals surface area contributed by atoms with Crippen LogP contribution in [0, 0.1) is 0 Å². The van der Waals surface area contributed by atoms with Crippen molar-refractivity contribution in [3.05, 3.63) is 0 Å². The number of rotatable bonds is 4. The molecule has 1 heterocycles. The van der Waals surface area contributed by atoms with Gasteiger partial charge in [0.1, 0.15) is 5.54 Å². The van der Waals surface area contributed by atoms with Gasteiger partial charge in [0.05, 0.1) is 6.54 Å². The van der Waals surface area contributed by atoms with Gasteiger partial charge >= 0.3 is 12.0 Å². The third kappa shape index (κ3) is 2.97. The Morgan fingerprint density at radius 3 is 2.63 bits per heavy atom. The monoisotopic (exact) mass is 269 g/mol. The average molecular weight is 269 g/mol. The first-order chi connectivity index (χ1) is 8.93. The first-order valence-electron chi connectivity index (χ1n) is 6.52. The van der Waals surface area contributed by atoms with Crippen molar-refractivity contribution in [2.45, 2.75) is 44.2 Å². The van der Waals surface area contributed by atoms with Crippen LogP contribution < -0.4 is 10.6 Å². The summed E-state index contributed by atoms with van der Waals surface area (Å²) in [5, 5.41) is 14.4. The molecule has 1 aliphatic heterocycles. The molecule has 19 heavy (non-hydrogen) atoms. The molecular formula is C12H19N3O4. The second-order valence-electron chi connectivity index (χ2n) is 5.33. The van der Waals surface area contributed by atoms with Crippen LogP contribution in [0.15, 0.2) is 0 Å². The molecule has 0 aromatic heterocycles. The van der Waals surface area contributed by atoms with E-state index in [9.17, 15) is 19.5 Å². The minimum atomic E-state index is -1.17. The normalized spacial score (nSPS) is 26.1. The highest BCUT2D eigenvalue weighted by Gasteiger charge is 2.46. The number of urea groups is 1. The molecule has 0 radical (unpaired) electrons. The molecule has 0 aromatic carbocycles. The molecule has 1 saturated heterocycles. The Bertz CT molecular complexity index is 408. The summed E-state index contributed by atoms with van der Waals surface area (Å²) in [5.74, 6) is -1.24. The third-order valence-electron chi connectivity index (χ3n) is 3.69. The van der Waals surface area contributed by atoms with Gasteiger partial charge in [0, 0.05) is 12.6 Å². The third-order valence-corrected chi connectivity index (χ3v) is 3.69. The van der Waals surface area contributed by atoms with E-state index >= 15 is 0 Å². The van der Waals surface area contributed by atoms with Crippen LogP contribution in [0.3, 0.4) is 0 Å². The van der Waals surface area contributed by atoms with Gasteiger partial charge in [0.15, 0.2) is 0 Å². The molecule has 3 N–H and O–H groups in total. The van der Waals surface area contributed by atoms with E-state index in [1.807, 2.05) is 0 Å². The maximum absolute atomic E-state index is 11.9. The highest BCUT2D eigenvalue weighted by atomic mass is 16.4. The van der Waals surface area contributed by atoms with Gasteiger partial charge in [0.25, 0.3) is 0 Å². The minimum Gasteiger partial charge on any atom is -0.480 e. The van der Waals surface area contributed by atoms with E-state index in [-0.39, 0.29) is 18.5 Å². The Morgan fingerprint density at radius 1 is 1.37 bits per heavy atom. The molecule has 1 atom stereocenters. The molecule has 0 aromatic rings. The SMILES string of the molecule is CC1(C(=O)O)CCCN1C(=O)NCC(=O)NC1CC1. The number of carbonyl (C=O) groups is 3. The summed E-state index contributed by atoms with van der Waals surface area (Å²) in [6.45, 7) is 1.83. The van der Waals surface area contributed by atoms with Gasteiger partial charge in [-0.2, -0.15) is 0 Å². The molecule has 7 nitrogen and oxygen atoms in total. The molecule has 1 saturated carbocycles. The summed E-state index contributed by atoms with van der Waals surface area (Å²) in [6, 6.07) is -0.242. The van der Waals surface area contributed by atoms with Crippen molar-refractivity contribution >= 4 is 17.9 Å². The van der Waals surface area contributed by atoms with E-state index in [2.05, 4.69) is 10.6 Å². The Hall–Kier alpha value is -1.79. The number of nitrogens with zero attached hydrogens (tertiary/aromatic N) is 1. The smallest absolute Gasteiger partial charge is 0.329 e. The van der Waals surface area contributed by atoms with Crippen LogP contribution in [0.1, 0.15) is 32.6 Å². The summed E-state index contributed by atoms with van der Waals surface area (Å²) in [5.41, 5.74) is -1.17. The minimum absolute atomic E-state index is 0.110. The quantitative estimate of drug-likeness (QED) is 0.664. The van der Waals surface area contributed by atoms with Crippen LogP contribution in [0.5, 0.6) is 0 Å². The van der Waals surface area contributed by atoms with Crippen molar-refractivity contribution in [2.24, 2.45) is 0 Å². The Kier molecular flexibility index (Phi) is 3.64. The van der Waals surface area contributed by atoms with Crippen LogP contribution in [0.25, 0.3) is 0 Å². The van der Waals surface area contributed by atoms with E-state index in [1.54, 1.807) is 0 Å². The van der Waals surface area contributed by atoms with Crippen molar-refractivity contribution < 1.29 is 19.5 Å². The fourth-order valence-electron chi connectivity index (χ4n) is 2.27. The predicted molar refractivity (Wildman–Crippen MR) is 66.5 cm³/mol. The van der Waals surface area contributed by atoms with E-state index in [1.165, 1.54) is 11.8 Å². The standard InChI is InChI=1S/C12H19N3O4/c1-12(10(17)18)5-2-6-15(12)11(19)13-7-9(16)14-8-3-4-8/h8H,2-7H2,1H3,(H,13,19)(H,14,16)(H,17,18). The van der Waals surface area contributed by atoms with Crippen LogP contribution in [0.4, 0.5) is 4.79 Å². The van der Waals surface area contributed by atoms with E-state index in [4.69, 9.17) is 0 Å². The van der Waals surface area contributed by atoms with Crippen molar-refractivity contribution in [3.63, 3.8) is 0 Å². The van der Waals surface area contributed by atoms with Gasteiger partial charge < -0.3 is 20.6 Å². The van der Waals surface area contributed by atoms with Crippen molar-refractivity contribution in [3.8, 4) is 0 Å². The molecule has 106 valence electrons. The Morgan fingerprint density at radius 2 is 2.05 bits per heavy atom. The van der Waals surface area contributed by atoms with E-state index in [0.29, 0.717) is 19.4 Å². The second-order valence-corrected chi connectivity index (χ2v) is 5.33. The molecule has 2 aliphatic rings. The lowest BCUT2D eigenvalue weighted by molar-refractivity contribution is -0.147. The Labute approximate surface area is 111 Å². The number of hydrogen-bond acceptors (Lipinski definition) is 3. The second kappa shape index (κ2) is 5.07. The number of nitrogens with one attached hydrogen (secondary N) is 2. The number of carboxylic acid groups (broad SMARTS) is 1. The molecular weight excluding hydrogens is 250 g/mol. The van der Waals surface area contributed by atoms with Crippen LogP contribution in [-0.4, -0.2) is 52.6 Å². The maximum atomic E-state index is 11.9. The number of carboxylic acids is 1. The summed E-state index contributed by atoms with van der Waals surface area (Å²) < 4.78 is 0. The molecule has 1 aliphatic carbocycles. The summed E-state index contributed by atoms with van der Waals surface area (Å²) >= 11 is 0. The zero-order valence-corrected chi connectivity index (χ0v) is 10.9. The largest absolute Gasteiger partial charge is 0.480 e. The Balaban J connectivity index is 1.84. The number of likely N-dealkylation sites (tertiary alicyclic amines) is 1. The fourth-order valence-corrected chi connectivity index (χ4v) is 2.27. The molecule has 0 spiro atoms. The fraction of sp³-hybridized carbons (Fsp3) is 0.750. The van der Waals surface area contributed by atoms with Crippen molar-refractivity contribution in [1.29, 1.82) is 0 Å². The van der Waals surface area contributed by atoms with Gasteiger partial charge in [-0.1, -0.05) is 0 Å². The molecule has 2 rings (SSSR count).